The summed E-state index contributed by atoms with van der Waals surface area (Å²) in [6, 6.07) is 3.39. The normalized spacial score (nSPS) is 11.8. The maximum Gasteiger partial charge on any atom is 0.260 e. The molecule has 20 heavy (non-hydrogen) atoms. The Hall–Kier alpha value is -1.18. The summed E-state index contributed by atoms with van der Waals surface area (Å²) < 4.78 is 32.1. The highest BCUT2D eigenvalue weighted by molar-refractivity contribution is 7.89. The number of aromatic nitrogens is 1. The Bertz CT molecular complexity index is 503. The quantitative estimate of drug-likeness (QED) is 0.675. The van der Waals surface area contributed by atoms with Crippen LogP contribution >= 0.6 is 0 Å². The number of nitrogens with zero attached hydrogens (tertiary/aromatic N) is 1. The minimum absolute atomic E-state index is 0.0192. The van der Waals surface area contributed by atoms with E-state index in [0.29, 0.717) is 31.4 Å². The summed E-state index contributed by atoms with van der Waals surface area (Å²) in [5, 5.41) is 3.01. The van der Waals surface area contributed by atoms with E-state index < -0.39 is 10.0 Å². The van der Waals surface area contributed by atoms with E-state index in [1.165, 1.54) is 6.20 Å². The van der Waals surface area contributed by atoms with Crippen LogP contribution in [0.3, 0.4) is 0 Å². The van der Waals surface area contributed by atoms with Crippen molar-refractivity contribution in [3.8, 4) is 0 Å². The van der Waals surface area contributed by atoms with Crippen LogP contribution in [0.5, 0.6) is 0 Å². The molecule has 2 N–H and O–H groups in total. The maximum absolute atomic E-state index is 12.2. The van der Waals surface area contributed by atoms with Gasteiger partial charge in [-0.05, 0) is 25.0 Å². The van der Waals surface area contributed by atoms with Crippen molar-refractivity contribution in [1.82, 2.24) is 9.71 Å². The minimum Gasteiger partial charge on any atom is -0.383 e. The number of nitrogens with one attached hydrogen (secondary N) is 2. The van der Waals surface area contributed by atoms with Gasteiger partial charge < -0.3 is 10.1 Å². The first-order valence-electron chi connectivity index (χ1n) is 6.73. The molecule has 0 fully saturated rings. The SMILES string of the molecule is CCNc1cccnc1S(=O)(=O)NCCOCC(C)C. The molecule has 6 nitrogen and oxygen atoms in total. The number of rotatable bonds is 9. The average molecular weight is 301 g/mol. The van der Waals surface area contributed by atoms with E-state index in [1.807, 2.05) is 20.8 Å². The average Bonchev–Trinajstić information content (AvgIpc) is 2.38. The Morgan fingerprint density at radius 2 is 2.15 bits per heavy atom. The molecule has 0 radical (unpaired) electrons. The predicted molar refractivity (Wildman–Crippen MR) is 79.2 cm³/mol. The molecule has 0 unspecified atom stereocenters. The molecule has 0 atom stereocenters. The van der Waals surface area contributed by atoms with Crippen molar-refractivity contribution >= 4 is 15.7 Å². The van der Waals surface area contributed by atoms with Crippen LogP contribution in [0, 0.1) is 5.92 Å². The van der Waals surface area contributed by atoms with Crippen molar-refractivity contribution < 1.29 is 13.2 Å². The second-order valence-corrected chi connectivity index (χ2v) is 6.44. The topological polar surface area (TPSA) is 80.3 Å². The molecular weight excluding hydrogens is 278 g/mol. The Kier molecular flexibility index (Phi) is 6.90. The lowest BCUT2D eigenvalue weighted by molar-refractivity contribution is 0.114. The van der Waals surface area contributed by atoms with E-state index in [1.54, 1.807) is 12.1 Å². The summed E-state index contributed by atoms with van der Waals surface area (Å²) in [4.78, 5) is 3.94. The summed E-state index contributed by atoms with van der Waals surface area (Å²) in [6.45, 7) is 7.82. The van der Waals surface area contributed by atoms with Crippen LogP contribution in [0.1, 0.15) is 20.8 Å². The molecular formula is C13H23N3O3S. The highest BCUT2D eigenvalue weighted by atomic mass is 32.2. The van der Waals surface area contributed by atoms with Crippen molar-refractivity contribution in [2.24, 2.45) is 5.92 Å². The standard InChI is InChI=1S/C13H23N3O3S/c1-4-14-12-6-5-7-15-13(12)20(17,18)16-8-9-19-10-11(2)3/h5-7,11,14,16H,4,8-10H2,1-3H3. The van der Waals surface area contributed by atoms with Gasteiger partial charge in [-0.2, -0.15) is 0 Å². The van der Waals surface area contributed by atoms with Crippen molar-refractivity contribution in [2.75, 3.05) is 31.6 Å². The van der Waals surface area contributed by atoms with Crippen LogP contribution in [0.15, 0.2) is 23.4 Å². The van der Waals surface area contributed by atoms with Crippen LogP contribution in [0.2, 0.25) is 0 Å². The van der Waals surface area contributed by atoms with Gasteiger partial charge in [0.15, 0.2) is 5.03 Å². The molecule has 0 aliphatic heterocycles. The largest absolute Gasteiger partial charge is 0.383 e. The third-order valence-electron chi connectivity index (χ3n) is 2.38. The zero-order valence-corrected chi connectivity index (χ0v) is 13.0. The van der Waals surface area contributed by atoms with Gasteiger partial charge in [-0.25, -0.2) is 18.1 Å². The maximum atomic E-state index is 12.2. The lowest BCUT2D eigenvalue weighted by atomic mass is 10.2. The van der Waals surface area contributed by atoms with Crippen molar-refractivity contribution in [3.63, 3.8) is 0 Å². The number of sulfonamides is 1. The first-order chi connectivity index (χ1) is 9.47. The Labute approximate surface area is 121 Å². The zero-order valence-electron chi connectivity index (χ0n) is 12.2. The van der Waals surface area contributed by atoms with E-state index in [2.05, 4.69) is 15.0 Å². The summed E-state index contributed by atoms with van der Waals surface area (Å²) in [6.07, 6.45) is 1.46. The molecule has 1 heterocycles. The molecule has 7 heteroatoms. The van der Waals surface area contributed by atoms with E-state index in [4.69, 9.17) is 4.74 Å². The van der Waals surface area contributed by atoms with Gasteiger partial charge in [-0.15, -0.1) is 0 Å². The van der Waals surface area contributed by atoms with Gasteiger partial charge in [-0.3, -0.25) is 0 Å². The molecule has 1 aromatic rings. The van der Waals surface area contributed by atoms with Crippen LogP contribution in [-0.2, 0) is 14.8 Å². The molecule has 114 valence electrons. The third-order valence-corrected chi connectivity index (χ3v) is 3.80. The van der Waals surface area contributed by atoms with Gasteiger partial charge in [0.25, 0.3) is 10.0 Å². The smallest absolute Gasteiger partial charge is 0.260 e. The second kappa shape index (κ2) is 8.18. The predicted octanol–water partition coefficient (Wildman–Crippen LogP) is 1.46. The monoisotopic (exact) mass is 301 g/mol. The lowest BCUT2D eigenvalue weighted by Crippen LogP contribution is -2.29. The molecule has 1 aromatic heterocycles. The third kappa shape index (κ3) is 5.44. The Balaban J connectivity index is 2.60. The molecule has 0 aliphatic carbocycles. The molecule has 0 saturated heterocycles. The van der Waals surface area contributed by atoms with Gasteiger partial charge in [0.05, 0.1) is 12.3 Å². The minimum atomic E-state index is -3.62. The van der Waals surface area contributed by atoms with Crippen LogP contribution in [-0.4, -0.2) is 39.7 Å². The van der Waals surface area contributed by atoms with Crippen molar-refractivity contribution in [1.29, 1.82) is 0 Å². The first-order valence-corrected chi connectivity index (χ1v) is 8.22. The van der Waals surface area contributed by atoms with E-state index >= 15 is 0 Å². The molecule has 0 aromatic carbocycles. The summed E-state index contributed by atoms with van der Waals surface area (Å²) in [5.41, 5.74) is 0.505. The van der Waals surface area contributed by atoms with Crippen LogP contribution < -0.4 is 10.0 Å². The molecule has 1 rings (SSSR count). The van der Waals surface area contributed by atoms with E-state index in [9.17, 15) is 8.42 Å². The van der Waals surface area contributed by atoms with Gasteiger partial charge in [0.2, 0.25) is 0 Å². The summed E-state index contributed by atoms with van der Waals surface area (Å²) in [7, 11) is -3.62. The van der Waals surface area contributed by atoms with Gasteiger partial charge in [-0.1, -0.05) is 13.8 Å². The molecule has 0 saturated carbocycles. The molecule has 0 amide bonds. The molecule has 0 aliphatic rings. The number of hydrogen-bond donors (Lipinski definition) is 2. The van der Waals surface area contributed by atoms with Crippen molar-refractivity contribution in [2.45, 2.75) is 25.8 Å². The lowest BCUT2D eigenvalue weighted by Gasteiger charge is -2.11. The fourth-order valence-corrected chi connectivity index (χ4v) is 2.68. The number of ether oxygens (including phenoxy) is 1. The van der Waals surface area contributed by atoms with Crippen LogP contribution in [0.25, 0.3) is 0 Å². The highest BCUT2D eigenvalue weighted by Gasteiger charge is 2.19. The Morgan fingerprint density at radius 1 is 1.40 bits per heavy atom. The van der Waals surface area contributed by atoms with E-state index in [0.717, 1.165) is 0 Å². The van der Waals surface area contributed by atoms with Gasteiger partial charge in [0, 0.05) is 25.9 Å². The van der Waals surface area contributed by atoms with Gasteiger partial charge in [0.1, 0.15) is 0 Å². The second-order valence-electron chi connectivity index (χ2n) is 4.75. The number of hydrogen-bond acceptors (Lipinski definition) is 5. The summed E-state index contributed by atoms with van der Waals surface area (Å²) >= 11 is 0. The van der Waals surface area contributed by atoms with Gasteiger partial charge >= 0.3 is 0 Å². The highest BCUT2D eigenvalue weighted by Crippen LogP contribution is 2.17. The van der Waals surface area contributed by atoms with Crippen molar-refractivity contribution in [3.05, 3.63) is 18.3 Å². The molecule has 0 spiro atoms. The summed E-state index contributed by atoms with van der Waals surface area (Å²) in [5.74, 6) is 0.433. The van der Waals surface area contributed by atoms with Crippen LogP contribution in [0.4, 0.5) is 5.69 Å². The Morgan fingerprint density at radius 3 is 2.80 bits per heavy atom. The first kappa shape index (κ1) is 16.9. The zero-order chi connectivity index (χ0) is 15.0. The molecule has 0 bridgehead atoms. The fraction of sp³-hybridized carbons (Fsp3) is 0.615. The fourth-order valence-electron chi connectivity index (χ4n) is 1.57. The number of pyridine rings is 1. The van der Waals surface area contributed by atoms with E-state index in [-0.39, 0.29) is 11.6 Å². The number of anilines is 1.